The maximum Gasteiger partial charge on any atom is 0.310 e. The van der Waals surface area contributed by atoms with Gasteiger partial charge in [-0.05, 0) is 19.8 Å². The Balaban J connectivity index is 4.65. The lowest BCUT2D eigenvalue weighted by Crippen LogP contribution is -2.42. The van der Waals surface area contributed by atoms with Gasteiger partial charge in [0.15, 0.2) is 0 Å². The first-order chi connectivity index (χ1) is 8.82. The standard InChI is InChI=1S/C13H24N2O4/c1-5-13(6-2,12(18)19)8-11(17)15(4)9-10(16)14-7-3/h5-9H2,1-4H3,(H,14,16)(H,18,19). The Bertz CT molecular complexity index is 338. The summed E-state index contributed by atoms with van der Waals surface area (Å²) in [6.07, 6.45) is 0.699. The van der Waals surface area contributed by atoms with Crippen LogP contribution in [0.25, 0.3) is 0 Å². The molecule has 0 aliphatic rings. The lowest BCUT2D eigenvalue weighted by atomic mass is 9.79. The average molecular weight is 272 g/mol. The van der Waals surface area contributed by atoms with Crippen molar-refractivity contribution in [1.29, 1.82) is 0 Å². The Morgan fingerprint density at radius 1 is 1.16 bits per heavy atom. The molecular formula is C13H24N2O4. The molecule has 0 rings (SSSR count). The highest BCUT2D eigenvalue weighted by Crippen LogP contribution is 2.31. The molecule has 0 heterocycles. The molecule has 0 aromatic carbocycles. The Morgan fingerprint density at radius 2 is 1.68 bits per heavy atom. The molecule has 6 heteroatoms. The van der Waals surface area contributed by atoms with Crippen molar-refractivity contribution in [2.24, 2.45) is 5.41 Å². The number of nitrogens with zero attached hydrogens (tertiary/aromatic N) is 1. The molecule has 2 N–H and O–H groups in total. The molecule has 0 atom stereocenters. The molecule has 0 aliphatic carbocycles. The number of rotatable bonds is 8. The summed E-state index contributed by atoms with van der Waals surface area (Å²) in [6.45, 7) is 5.77. The third-order valence-electron chi connectivity index (χ3n) is 3.48. The van der Waals surface area contributed by atoms with Gasteiger partial charge in [0.2, 0.25) is 11.8 Å². The second-order valence-corrected chi connectivity index (χ2v) is 4.67. The lowest BCUT2D eigenvalue weighted by Gasteiger charge is -2.28. The van der Waals surface area contributed by atoms with Crippen LogP contribution in [0.2, 0.25) is 0 Å². The molecular weight excluding hydrogens is 248 g/mol. The Morgan fingerprint density at radius 3 is 2.05 bits per heavy atom. The second-order valence-electron chi connectivity index (χ2n) is 4.67. The minimum Gasteiger partial charge on any atom is -0.481 e. The van der Waals surface area contributed by atoms with Gasteiger partial charge in [0.1, 0.15) is 0 Å². The summed E-state index contributed by atoms with van der Waals surface area (Å²) < 4.78 is 0. The average Bonchev–Trinajstić information content (AvgIpc) is 2.35. The number of aliphatic carboxylic acids is 1. The van der Waals surface area contributed by atoms with Gasteiger partial charge < -0.3 is 15.3 Å². The molecule has 0 spiro atoms. The van der Waals surface area contributed by atoms with Gasteiger partial charge in [0, 0.05) is 20.0 Å². The van der Waals surface area contributed by atoms with Crippen LogP contribution < -0.4 is 5.32 Å². The zero-order chi connectivity index (χ0) is 15.1. The van der Waals surface area contributed by atoms with Gasteiger partial charge in [0.05, 0.1) is 12.0 Å². The Hall–Kier alpha value is -1.59. The largest absolute Gasteiger partial charge is 0.481 e. The molecule has 0 aliphatic heterocycles. The van der Waals surface area contributed by atoms with Crippen molar-refractivity contribution < 1.29 is 19.5 Å². The van der Waals surface area contributed by atoms with E-state index in [1.165, 1.54) is 11.9 Å². The molecule has 0 bridgehead atoms. The normalized spacial score (nSPS) is 10.9. The van der Waals surface area contributed by atoms with Crippen LogP contribution in [-0.2, 0) is 14.4 Å². The predicted molar refractivity (Wildman–Crippen MR) is 71.6 cm³/mol. The SMILES string of the molecule is CCNC(=O)CN(C)C(=O)CC(CC)(CC)C(=O)O. The maximum atomic E-state index is 12.0. The van der Waals surface area contributed by atoms with E-state index in [9.17, 15) is 19.5 Å². The first kappa shape index (κ1) is 17.4. The van der Waals surface area contributed by atoms with E-state index < -0.39 is 11.4 Å². The lowest BCUT2D eigenvalue weighted by molar-refractivity contribution is -0.154. The molecule has 2 amide bonds. The smallest absolute Gasteiger partial charge is 0.310 e. The summed E-state index contributed by atoms with van der Waals surface area (Å²) in [5.41, 5.74) is -1.04. The van der Waals surface area contributed by atoms with E-state index in [1.54, 1.807) is 20.8 Å². The van der Waals surface area contributed by atoms with E-state index >= 15 is 0 Å². The molecule has 19 heavy (non-hydrogen) atoms. The van der Waals surface area contributed by atoms with E-state index in [2.05, 4.69) is 5.32 Å². The summed E-state index contributed by atoms with van der Waals surface area (Å²) in [5.74, 6) is -1.53. The molecule has 0 aromatic heterocycles. The number of carbonyl (C=O) groups excluding carboxylic acids is 2. The number of carboxylic acid groups (broad SMARTS) is 1. The number of hydrogen-bond acceptors (Lipinski definition) is 3. The van der Waals surface area contributed by atoms with Crippen molar-refractivity contribution in [2.45, 2.75) is 40.0 Å². The van der Waals surface area contributed by atoms with Crippen molar-refractivity contribution in [1.82, 2.24) is 10.2 Å². The highest BCUT2D eigenvalue weighted by molar-refractivity contribution is 5.88. The van der Waals surface area contributed by atoms with Crippen LogP contribution in [0, 0.1) is 5.41 Å². The quantitative estimate of drug-likeness (QED) is 0.686. The van der Waals surface area contributed by atoms with Gasteiger partial charge in [0.25, 0.3) is 0 Å². The summed E-state index contributed by atoms with van der Waals surface area (Å²) in [7, 11) is 1.51. The highest BCUT2D eigenvalue weighted by Gasteiger charge is 2.38. The summed E-state index contributed by atoms with van der Waals surface area (Å²) in [6, 6.07) is 0. The molecule has 0 saturated heterocycles. The van der Waals surface area contributed by atoms with Crippen LogP contribution in [0.5, 0.6) is 0 Å². The number of likely N-dealkylation sites (N-methyl/N-ethyl adjacent to an activating group) is 2. The number of amides is 2. The summed E-state index contributed by atoms with van der Waals surface area (Å²) in [4.78, 5) is 36.0. The first-order valence-electron chi connectivity index (χ1n) is 6.57. The minimum absolute atomic E-state index is 0.0458. The van der Waals surface area contributed by atoms with Crippen LogP contribution in [0.4, 0.5) is 0 Å². The fourth-order valence-corrected chi connectivity index (χ4v) is 1.86. The van der Waals surface area contributed by atoms with Crippen molar-refractivity contribution in [3.8, 4) is 0 Å². The molecule has 0 unspecified atom stereocenters. The van der Waals surface area contributed by atoms with Crippen molar-refractivity contribution in [2.75, 3.05) is 20.1 Å². The highest BCUT2D eigenvalue weighted by atomic mass is 16.4. The number of nitrogens with one attached hydrogen (secondary N) is 1. The van der Waals surface area contributed by atoms with Gasteiger partial charge in [-0.2, -0.15) is 0 Å². The molecule has 110 valence electrons. The van der Waals surface area contributed by atoms with Crippen LogP contribution in [0.3, 0.4) is 0 Å². The zero-order valence-corrected chi connectivity index (χ0v) is 12.2. The first-order valence-corrected chi connectivity index (χ1v) is 6.57. The topological polar surface area (TPSA) is 86.7 Å². The van der Waals surface area contributed by atoms with Crippen LogP contribution in [-0.4, -0.2) is 47.9 Å². The van der Waals surface area contributed by atoms with Gasteiger partial charge in [-0.15, -0.1) is 0 Å². The van der Waals surface area contributed by atoms with Crippen LogP contribution in [0.1, 0.15) is 40.0 Å². The van der Waals surface area contributed by atoms with E-state index in [0.29, 0.717) is 19.4 Å². The summed E-state index contributed by atoms with van der Waals surface area (Å²) >= 11 is 0. The van der Waals surface area contributed by atoms with Crippen molar-refractivity contribution >= 4 is 17.8 Å². The fourth-order valence-electron chi connectivity index (χ4n) is 1.86. The minimum atomic E-state index is -1.04. The predicted octanol–water partition coefficient (Wildman–Crippen LogP) is 0.862. The van der Waals surface area contributed by atoms with E-state index in [4.69, 9.17) is 0 Å². The number of carbonyl (C=O) groups is 3. The fraction of sp³-hybridized carbons (Fsp3) is 0.769. The monoisotopic (exact) mass is 272 g/mol. The third-order valence-corrected chi connectivity index (χ3v) is 3.48. The second kappa shape index (κ2) is 7.76. The molecule has 0 saturated carbocycles. The third kappa shape index (κ3) is 4.89. The zero-order valence-electron chi connectivity index (χ0n) is 12.2. The van der Waals surface area contributed by atoms with E-state index in [0.717, 1.165) is 0 Å². The van der Waals surface area contributed by atoms with Gasteiger partial charge in [-0.1, -0.05) is 13.8 Å². The molecule has 0 aromatic rings. The molecule has 6 nitrogen and oxygen atoms in total. The Labute approximate surface area is 114 Å². The van der Waals surface area contributed by atoms with Gasteiger partial charge in [-0.25, -0.2) is 0 Å². The number of hydrogen-bond donors (Lipinski definition) is 2. The summed E-state index contributed by atoms with van der Waals surface area (Å²) in [5, 5.41) is 11.9. The van der Waals surface area contributed by atoms with Crippen molar-refractivity contribution in [3.63, 3.8) is 0 Å². The Kier molecular flexibility index (Phi) is 7.11. The van der Waals surface area contributed by atoms with Gasteiger partial charge in [-0.3, -0.25) is 14.4 Å². The van der Waals surface area contributed by atoms with Crippen LogP contribution >= 0.6 is 0 Å². The van der Waals surface area contributed by atoms with Gasteiger partial charge >= 0.3 is 5.97 Å². The van der Waals surface area contributed by atoms with E-state index in [-0.39, 0.29) is 24.8 Å². The van der Waals surface area contributed by atoms with Crippen LogP contribution in [0.15, 0.2) is 0 Å². The number of carboxylic acids is 1. The molecule has 0 radical (unpaired) electrons. The van der Waals surface area contributed by atoms with E-state index in [1.807, 2.05) is 0 Å². The van der Waals surface area contributed by atoms with Crippen molar-refractivity contribution in [3.05, 3.63) is 0 Å². The maximum absolute atomic E-state index is 12.0. The molecule has 0 fully saturated rings.